The largest absolute Gasteiger partial charge is 0.494 e. The third-order valence-electron chi connectivity index (χ3n) is 7.22. The smallest absolute Gasteiger partial charge is 0.119 e. The van der Waals surface area contributed by atoms with Gasteiger partial charge in [-0.2, -0.15) is 0 Å². The van der Waals surface area contributed by atoms with Crippen molar-refractivity contribution < 1.29 is 9.47 Å². The Labute approximate surface area is 216 Å². The molecule has 2 nitrogen and oxygen atoms in total. The van der Waals surface area contributed by atoms with Crippen LogP contribution >= 0.6 is 0 Å². The van der Waals surface area contributed by atoms with Gasteiger partial charge in [-0.15, -0.1) is 0 Å². The van der Waals surface area contributed by atoms with Crippen LogP contribution in [-0.4, -0.2) is 13.2 Å². The van der Waals surface area contributed by atoms with Gasteiger partial charge < -0.3 is 9.47 Å². The van der Waals surface area contributed by atoms with Crippen molar-refractivity contribution in [3.8, 4) is 11.5 Å². The number of hydrogen-bond donors (Lipinski definition) is 0. The Morgan fingerprint density at radius 2 is 0.722 bits per heavy atom. The van der Waals surface area contributed by atoms with Gasteiger partial charge >= 0.3 is 0 Å². The van der Waals surface area contributed by atoms with E-state index in [9.17, 15) is 0 Å². The van der Waals surface area contributed by atoms with Crippen LogP contribution in [0.1, 0.15) is 62.8 Å². The Balaban J connectivity index is 1.19. The minimum Gasteiger partial charge on any atom is -0.494 e. The molecule has 0 saturated carbocycles. The average Bonchev–Trinajstić information content (AvgIpc) is 2.92. The molecule has 0 aliphatic rings. The summed E-state index contributed by atoms with van der Waals surface area (Å²) in [5, 5.41) is 0. The lowest BCUT2D eigenvalue weighted by atomic mass is 9.78. The van der Waals surface area contributed by atoms with Crippen LogP contribution in [0.3, 0.4) is 0 Å². The van der Waals surface area contributed by atoms with Crippen LogP contribution < -0.4 is 9.47 Å². The maximum absolute atomic E-state index is 5.97. The van der Waals surface area contributed by atoms with Gasteiger partial charge in [0, 0.05) is 10.8 Å². The topological polar surface area (TPSA) is 18.5 Å². The van der Waals surface area contributed by atoms with Gasteiger partial charge in [0.15, 0.2) is 0 Å². The van der Waals surface area contributed by atoms with Crippen LogP contribution in [0.2, 0.25) is 0 Å². The first kappa shape index (κ1) is 25.6. The molecular weight excluding hydrogens is 440 g/mol. The van der Waals surface area contributed by atoms with E-state index < -0.39 is 0 Å². The Bertz CT molecular complexity index is 1090. The lowest BCUT2D eigenvalue weighted by Crippen LogP contribution is -2.18. The molecule has 0 spiro atoms. The van der Waals surface area contributed by atoms with Gasteiger partial charge in [-0.05, 0) is 59.4 Å². The van der Waals surface area contributed by atoms with Crippen molar-refractivity contribution in [1.29, 1.82) is 0 Å². The van der Waals surface area contributed by atoms with Crippen LogP contribution in [0.4, 0.5) is 0 Å². The second-order valence-electron chi connectivity index (χ2n) is 10.4. The number of hydrogen-bond acceptors (Lipinski definition) is 2. The molecule has 0 radical (unpaired) electrons. The van der Waals surface area contributed by atoms with Crippen LogP contribution in [0.15, 0.2) is 109 Å². The van der Waals surface area contributed by atoms with Gasteiger partial charge in [-0.25, -0.2) is 0 Å². The maximum Gasteiger partial charge on any atom is 0.119 e. The van der Waals surface area contributed by atoms with E-state index in [1.807, 2.05) is 0 Å². The van der Waals surface area contributed by atoms with Gasteiger partial charge in [0.05, 0.1) is 13.2 Å². The maximum atomic E-state index is 5.97. The number of ether oxygens (including phenoxy) is 2. The zero-order chi connectivity index (χ0) is 25.4. The quantitative estimate of drug-likeness (QED) is 0.201. The zero-order valence-corrected chi connectivity index (χ0v) is 22.0. The minimum atomic E-state index is -0.0351. The second-order valence-corrected chi connectivity index (χ2v) is 10.4. The van der Waals surface area contributed by atoms with Crippen molar-refractivity contribution >= 4 is 0 Å². The van der Waals surface area contributed by atoms with E-state index in [1.54, 1.807) is 0 Å². The molecule has 0 saturated heterocycles. The standard InChI is InChI=1S/C34H38O2/c1-33(2,27-13-7-5-8-14-27)29-17-21-31(22-18-29)35-25-11-12-26-36-32-23-19-30(20-24-32)34(3,4)28-15-9-6-10-16-28/h5-10,13-24H,11-12,25-26H2,1-4H3. The number of rotatable bonds is 11. The van der Waals surface area contributed by atoms with Crippen LogP contribution in [-0.2, 0) is 10.8 Å². The van der Waals surface area contributed by atoms with Crippen LogP contribution in [0.25, 0.3) is 0 Å². The molecule has 2 heteroatoms. The summed E-state index contributed by atoms with van der Waals surface area (Å²) in [7, 11) is 0. The fraction of sp³-hybridized carbons (Fsp3) is 0.294. The van der Waals surface area contributed by atoms with E-state index >= 15 is 0 Å². The van der Waals surface area contributed by atoms with Crippen molar-refractivity contribution in [3.05, 3.63) is 131 Å². The van der Waals surface area contributed by atoms with Crippen molar-refractivity contribution in [1.82, 2.24) is 0 Å². The third kappa shape index (κ3) is 6.18. The molecule has 0 atom stereocenters. The molecule has 0 N–H and O–H groups in total. The highest BCUT2D eigenvalue weighted by Crippen LogP contribution is 2.33. The van der Waals surface area contributed by atoms with Gasteiger partial charge in [-0.3, -0.25) is 0 Å². The highest BCUT2D eigenvalue weighted by Gasteiger charge is 2.23. The van der Waals surface area contributed by atoms with Gasteiger partial charge in [0.1, 0.15) is 11.5 Å². The molecule has 0 fully saturated rings. The monoisotopic (exact) mass is 478 g/mol. The number of unbranched alkanes of at least 4 members (excludes halogenated alkanes) is 1. The lowest BCUT2D eigenvalue weighted by molar-refractivity contribution is 0.266. The molecular formula is C34H38O2. The molecule has 0 bridgehead atoms. The predicted octanol–water partition coefficient (Wildman–Crippen LogP) is 8.58. The summed E-state index contributed by atoms with van der Waals surface area (Å²) in [6, 6.07) is 38.3. The first-order chi connectivity index (χ1) is 17.4. The summed E-state index contributed by atoms with van der Waals surface area (Å²) in [5.41, 5.74) is 5.13. The normalized spacial score (nSPS) is 11.8. The first-order valence-electron chi connectivity index (χ1n) is 12.9. The molecule has 0 aliphatic carbocycles. The molecule has 0 aromatic heterocycles. The minimum absolute atomic E-state index is 0.0351. The van der Waals surface area contributed by atoms with Crippen molar-refractivity contribution in [2.75, 3.05) is 13.2 Å². The van der Waals surface area contributed by atoms with Crippen molar-refractivity contribution in [2.45, 2.75) is 51.4 Å². The van der Waals surface area contributed by atoms with E-state index in [-0.39, 0.29) is 10.8 Å². The Hall–Kier alpha value is -3.52. The Morgan fingerprint density at radius 1 is 0.417 bits per heavy atom. The molecule has 4 rings (SSSR count). The zero-order valence-electron chi connectivity index (χ0n) is 22.0. The molecule has 0 unspecified atom stereocenters. The summed E-state index contributed by atoms with van der Waals surface area (Å²) in [6.07, 6.45) is 1.91. The summed E-state index contributed by atoms with van der Waals surface area (Å²) in [6.45, 7) is 10.4. The highest BCUT2D eigenvalue weighted by molar-refractivity contribution is 5.41. The van der Waals surface area contributed by atoms with Gasteiger partial charge in [0.25, 0.3) is 0 Å². The van der Waals surface area contributed by atoms with Crippen LogP contribution in [0, 0.1) is 0 Å². The fourth-order valence-electron chi connectivity index (χ4n) is 4.56. The van der Waals surface area contributed by atoms with Crippen molar-refractivity contribution in [2.24, 2.45) is 0 Å². The second kappa shape index (κ2) is 11.5. The summed E-state index contributed by atoms with van der Waals surface area (Å²) < 4.78 is 11.9. The highest BCUT2D eigenvalue weighted by atomic mass is 16.5. The number of benzene rings is 4. The van der Waals surface area contributed by atoms with E-state index in [0.717, 1.165) is 24.3 Å². The molecule has 0 heterocycles. The summed E-state index contributed by atoms with van der Waals surface area (Å²) >= 11 is 0. The van der Waals surface area contributed by atoms with E-state index in [1.165, 1.54) is 22.3 Å². The third-order valence-corrected chi connectivity index (χ3v) is 7.22. The molecule has 0 amide bonds. The summed E-state index contributed by atoms with van der Waals surface area (Å²) in [4.78, 5) is 0. The van der Waals surface area contributed by atoms with E-state index in [2.05, 4.69) is 137 Å². The summed E-state index contributed by atoms with van der Waals surface area (Å²) in [5.74, 6) is 1.83. The average molecular weight is 479 g/mol. The lowest BCUT2D eigenvalue weighted by Gasteiger charge is -2.26. The Kier molecular flexibility index (Phi) is 8.15. The van der Waals surface area contributed by atoms with Crippen LogP contribution in [0.5, 0.6) is 11.5 Å². The molecule has 186 valence electrons. The Morgan fingerprint density at radius 3 is 1.06 bits per heavy atom. The first-order valence-corrected chi connectivity index (χ1v) is 12.9. The molecule has 4 aromatic rings. The van der Waals surface area contributed by atoms with E-state index in [4.69, 9.17) is 9.47 Å². The SMILES string of the molecule is CC(C)(c1ccccc1)c1ccc(OCCCCOc2ccc(C(C)(C)c3ccccc3)cc2)cc1. The molecule has 36 heavy (non-hydrogen) atoms. The van der Waals surface area contributed by atoms with Crippen molar-refractivity contribution in [3.63, 3.8) is 0 Å². The van der Waals surface area contributed by atoms with E-state index in [0.29, 0.717) is 13.2 Å². The molecule has 0 aliphatic heterocycles. The van der Waals surface area contributed by atoms with Gasteiger partial charge in [-0.1, -0.05) is 113 Å². The molecule has 4 aromatic carbocycles. The van der Waals surface area contributed by atoms with Gasteiger partial charge in [0.2, 0.25) is 0 Å². The predicted molar refractivity (Wildman–Crippen MR) is 150 cm³/mol. The fourth-order valence-corrected chi connectivity index (χ4v) is 4.56.